The van der Waals surface area contributed by atoms with Gasteiger partial charge in [0.2, 0.25) is 0 Å². The molecule has 0 radical (unpaired) electrons. The van der Waals surface area contributed by atoms with Crippen LogP contribution in [0, 0.1) is 6.92 Å². The molecule has 1 N–H and O–H groups in total. The molecule has 1 heterocycles. The Balaban J connectivity index is 2.05. The Morgan fingerprint density at radius 1 is 1.03 bits per heavy atom. The summed E-state index contributed by atoms with van der Waals surface area (Å²) >= 11 is 0. The molecular weight excluding hydrogens is 390 g/mol. The highest BCUT2D eigenvalue weighted by Gasteiger charge is 2.45. The van der Waals surface area contributed by atoms with Crippen molar-refractivity contribution in [3.8, 4) is 5.75 Å². The Morgan fingerprint density at radius 2 is 1.77 bits per heavy atom. The number of amides is 1. The zero-order valence-corrected chi connectivity index (χ0v) is 18.6. The number of benzene rings is 2. The monoisotopic (exact) mass is 421 g/mol. The number of ketones is 1. The molecule has 1 aliphatic heterocycles. The van der Waals surface area contributed by atoms with E-state index in [2.05, 4.69) is 6.92 Å². The van der Waals surface area contributed by atoms with Gasteiger partial charge < -0.3 is 14.7 Å². The lowest BCUT2D eigenvalue weighted by Gasteiger charge is -2.25. The van der Waals surface area contributed by atoms with E-state index in [1.807, 2.05) is 44.2 Å². The second kappa shape index (κ2) is 10.3. The lowest BCUT2D eigenvalue weighted by Crippen LogP contribution is -2.30. The van der Waals surface area contributed by atoms with Crippen molar-refractivity contribution in [3.05, 3.63) is 70.8 Å². The third-order valence-electron chi connectivity index (χ3n) is 5.57. The van der Waals surface area contributed by atoms with Crippen LogP contribution in [-0.2, 0) is 9.59 Å². The van der Waals surface area contributed by atoms with E-state index in [4.69, 9.17) is 4.74 Å². The fraction of sp³-hybridized carbons (Fsp3) is 0.385. The second-order valence-corrected chi connectivity index (χ2v) is 7.94. The largest absolute Gasteiger partial charge is 0.507 e. The first-order chi connectivity index (χ1) is 15.0. The molecule has 1 aliphatic rings. The number of carbonyl (C=O) groups is 2. The maximum absolute atomic E-state index is 13.0. The number of aryl methyl sites for hydroxylation is 1. The van der Waals surface area contributed by atoms with Gasteiger partial charge in [-0.15, -0.1) is 0 Å². The molecule has 164 valence electrons. The molecule has 0 bridgehead atoms. The van der Waals surface area contributed by atoms with Gasteiger partial charge in [-0.3, -0.25) is 9.59 Å². The summed E-state index contributed by atoms with van der Waals surface area (Å²) in [5, 5.41) is 11.2. The Morgan fingerprint density at radius 3 is 2.42 bits per heavy atom. The smallest absolute Gasteiger partial charge is 0.295 e. The van der Waals surface area contributed by atoms with Gasteiger partial charge in [0.25, 0.3) is 11.7 Å². The highest BCUT2D eigenvalue weighted by molar-refractivity contribution is 6.46. The summed E-state index contributed by atoms with van der Waals surface area (Å²) in [6.07, 6.45) is 3.71. The van der Waals surface area contributed by atoms with Crippen LogP contribution in [0.4, 0.5) is 0 Å². The van der Waals surface area contributed by atoms with Crippen LogP contribution in [0.3, 0.4) is 0 Å². The summed E-state index contributed by atoms with van der Waals surface area (Å²) in [7, 11) is 0. The first-order valence-electron chi connectivity index (χ1n) is 11.1. The fourth-order valence-electron chi connectivity index (χ4n) is 3.95. The van der Waals surface area contributed by atoms with Gasteiger partial charge in [0.15, 0.2) is 0 Å². The van der Waals surface area contributed by atoms with Crippen molar-refractivity contribution in [2.45, 2.75) is 52.5 Å². The number of Topliss-reactive ketones (excluding diaryl/α,β-unsaturated/α-hetero) is 1. The average Bonchev–Trinajstić information content (AvgIpc) is 3.03. The summed E-state index contributed by atoms with van der Waals surface area (Å²) < 4.78 is 5.72. The lowest BCUT2D eigenvalue weighted by molar-refractivity contribution is -0.139. The third kappa shape index (κ3) is 4.82. The van der Waals surface area contributed by atoms with E-state index in [1.165, 1.54) is 0 Å². The van der Waals surface area contributed by atoms with Crippen LogP contribution in [0.1, 0.15) is 62.3 Å². The Hall–Kier alpha value is -3.08. The molecule has 2 aromatic rings. The number of ether oxygens (including phenoxy) is 1. The van der Waals surface area contributed by atoms with Crippen LogP contribution >= 0.6 is 0 Å². The van der Waals surface area contributed by atoms with Crippen molar-refractivity contribution in [3.63, 3.8) is 0 Å². The number of nitrogens with zero attached hydrogens (tertiary/aromatic N) is 1. The number of rotatable bonds is 9. The summed E-state index contributed by atoms with van der Waals surface area (Å²) in [5.41, 5.74) is 2.34. The van der Waals surface area contributed by atoms with Gasteiger partial charge in [0, 0.05) is 12.1 Å². The minimum absolute atomic E-state index is 0.143. The van der Waals surface area contributed by atoms with Gasteiger partial charge in [0.05, 0.1) is 18.2 Å². The van der Waals surface area contributed by atoms with Gasteiger partial charge in [0.1, 0.15) is 11.5 Å². The number of aliphatic hydroxyl groups is 1. The van der Waals surface area contributed by atoms with Gasteiger partial charge in [-0.1, -0.05) is 57.0 Å². The molecule has 0 saturated carbocycles. The number of hydrogen-bond acceptors (Lipinski definition) is 4. The lowest BCUT2D eigenvalue weighted by atomic mass is 9.94. The number of unbranched alkanes of at least 4 members (excludes halogenated alkanes) is 2. The molecule has 1 fully saturated rings. The fourth-order valence-corrected chi connectivity index (χ4v) is 3.95. The third-order valence-corrected chi connectivity index (χ3v) is 5.57. The van der Waals surface area contributed by atoms with E-state index in [0.29, 0.717) is 18.7 Å². The Kier molecular flexibility index (Phi) is 7.50. The number of carbonyl (C=O) groups excluding carboxylic acids is 2. The predicted molar refractivity (Wildman–Crippen MR) is 122 cm³/mol. The normalized spacial score (nSPS) is 17.9. The molecule has 1 amide bonds. The summed E-state index contributed by atoms with van der Waals surface area (Å²) in [5.74, 6) is -0.577. The van der Waals surface area contributed by atoms with E-state index in [9.17, 15) is 14.7 Å². The van der Waals surface area contributed by atoms with Crippen LogP contribution in [0.2, 0.25) is 0 Å². The molecule has 5 heteroatoms. The van der Waals surface area contributed by atoms with Crippen LogP contribution in [0.25, 0.3) is 5.76 Å². The van der Waals surface area contributed by atoms with Gasteiger partial charge in [-0.25, -0.2) is 0 Å². The van der Waals surface area contributed by atoms with Gasteiger partial charge in [-0.05, 0) is 49.1 Å². The highest BCUT2D eigenvalue weighted by Crippen LogP contribution is 2.40. The van der Waals surface area contributed by atoms with Crippen molar-refractivity contribution < 1.29 is 19.4 Å². The Bertz CT molecular complexity index is 965. The van der Waals surface area contributed by atoms with Gasteiger partial charge >= 0.3 is 0 Å². The first-order valence-corrected chi connectivity index (χ1v) is 11.1. The summed E-state index contributed by atoms with van der Waals surface area (Å²) in [6.45, 7) is 7.14. The number of hydrogen-bond donors (Lipinski definition) is 1. The van der Waals surface area contributed by atoms with Crippen LogP contribution in [0.15, 0.2) is 54.1 Å². The summed E-state index contributed by atoms with van der Waals surface area (Å²) in [4.78, 5) is 27.5. The maximum Gasteiger partial charge on any atom is 0.295 e. The van der Waals surface area contributed by atoms with Gasteiger partial charge in [-0.2, -0.15) is 0 Å². The molecule has 1 unspecified atom stereocenters. The van der Waals surface area contributed by atoms with Crippen LogP contribution in [-0.4, -0.2) is 34.8 Å². The molecule has 0 spiro atoms. The minimum atomic E-state index is -0.633. The molecule has 5 nitrogen and oxygen atoms in total. The standard InChI is InChI=1S/C26H31NO4/c1-4-6-10-15-27-23(19-11-8-7-9-12-19)22(25(29)26(27)30)24(28)20-13-14-21(18(3)17-20)31-16-5-2/h7-9,11-14,17,23,28H,4-6,10,15-16H2,1-3H3/b24-22-. The predicted octanol–water partition coefficient (Wildman–Crippen LogP) is 5.40. The molecule has 1 atom stereocenters. The molecule has 2 aromatic carbocycles. The van der Waals surface area contributed by atoms with E-state index in [0.717, 1.165) is 42.6 Å². The average molecular weight is 422 g/mol. The first kappa shape index (κ1) is 22.6. The molecule has 31 heavy (non-hydrogen) atoms. The Labute approximate surface area is 184 Å². The quantitative estimate of drug-likeness (QED) is 0.255. The van der Waals surface area contributed by atoms with Crippen LogP contribution in [0.5, 0.6) is 5.75 Å². The van der Waals surface area contributed by atoms with Crippen molar-refractivity contribution in [2.75, 3.05) is 13.2 Å². The van der Waals surface area contributed by atoms with E-state index in [-0.39, 0.29) is 11.3 Å². The highest BCUT2D eigenvalue weighted by atomic mass is 16.5. The molecule has 1 saturated heterocycles. The molecular formula is C26H31NO4. The van der Waals surface area contributed by atoms with E-state index < -0.39 is 17.7 Å². The zero-order chi connectivity index (χ0) is 22.4. The summed E-state index contributed by atoms with van der Waals surface area (Å²) in [6, 6.07) is 14.2. The topological polar surface area (TPSA) is 66.8 Å². The van der Waals surface area contributed by atoms with Crippen molar-refractivity contribution in [1.29, 1.82) is 0 Å². The SMILES string of the molecule is CCCCCN1C(=O)C(=O)/C(=C(\O)c2ccc(OCCC)c(C)c2)C1c1ccccc1. The van der Waals surface area contributed by atoms with E-state index >= 15 is 0 Å². The number of aliphatic hydroxyl groups excluding tert-OH is 1. The second-order valence-electron chi connectivity index (χ2n) is 7.94. The molecule has 3 rings (SSSR count). The van der Waals surface area contributed by atoms with Crippen molar-refractivity contribution in [1.82, 2.24) is 4.90 Å². The van der Waals surface area contributed by atoms with E-state index in [1.54, 1.807) is 23.1 Å². The molecule has 0 aromatic heterocycles. The van der Waals surface area contributed by atoms with Crippen molar-refractivity contribution >= 4 is 17.4 Å². The maximum atomic E-state index is 13.0. The number of likely N-dealkylation sites (tertiary alicyclic amines) is 1. The van der Waals surface area contributed by atoms with Crippen molar-refractivity contribution in [2.24, 2.45) is 0 Å². The minimum Gasteiger partial charge on any atom is -0.507 e. The van der Waals surface area contributed by atoms with Crippen LogP contribution < -0.4 is 4.74 Å². The zero-order valence-electron chi connectivity index (χ0n) is 18.6. The molecule has 0 aliphatic carbocycles.